The van der Waals surface area contributed by atoms with Crippen molar-refractivity contribution < 1.29 is 14.9 Å². The van der Waals surface area contributed by atoms with Crippen LogP contribution in [0.3, 0.4) is 0 Å². The molecule has 0 aromatic carbocycles. The fraction of sp³-hybridized carbons (Fsp3) is 0.875. The molecule has 0 unspecified atom stereocenters. The highest BCUT2D eigenvalue weighted by atomic mass is 32.2. The third-order valence-electron chi connectivity index (χ3n) is 2.33. The number of hydrogen-bond acceptors (Lipinski definition) is 5. The molecule has 1 fully saturated rings. The first-order valence-electron chi connectivity index (χ1n) is 4.36. The molecular weight excluding hydrogens is 190 g/mol. The van der Waals surface area contributed by atoms with Crippen molar-refractivity contribution in [2.24, 2.45) is 4.99 Å². The van der Waals surface area contributed by atoms with Gasteiger partial charge >= 0.3 is 0 Å². The van der Waals surface area contributed by atoms with Crippen molar-refractivity contribution in [3.05, 3.63) is 0 Å². The highest BCUT2D eigenvalue weighted by Crippen LogP contribution is 2.35. The number of nitrogens with zero attached hydrogens (tertiary/aromatic N) is 1. The van der Waals surface area contributed by atoms with E-state index in [1.54, 1.807) is 0 Å². The Labute approximate surface area is 81.0 Å². The van der Waals surface area contributed by atoms with E-state index >= 15 is 0 Å². The maximum Gasteiger partial charge on any atom is 0.134 e. The molecule has 4 nitrogen and oxygen atoms in total. The molecule has 0 amide bonds. The third-order valence-corrected chi connectivity index (χ3v) is 3.39. The molecule has 2 aliphatic rings. The molecule has 0 aromatic heterocycles. The SMILES string of the molecule is CC1=N[C@H]2[C@H](O[C@H](CO)C[C@@H]2O)S1. The zero-order valence-electron chi connectivity index (χ0n) is 7.38. The summed E-state index contributed by atoms with van der Waals surface area (Å²) < 4.78 is 5.54. The van der Waals surface area contributed by atoms with Crippen LogP contribution in [0.15, 0.2) is 4.99 Å². The van der Waals surface area contributed by atoms with Crippen LogP contribution in [0, 0.1) is 0 Å². The van der Waals surface area contributed by atoms with E-state index in [4.69, 9.17) is 9.84 Å². The molecule has 13 heavy (non-hydrogen) atoms. The molecular formula is C8H13NO3S. The summed E-state index contributed by atoms with van der Waals surface area (Å²) in [5.74, 6) is 0. The Morgan fingerprint density at radius 3 is 3.15 bits per heavy atom. The van der Waals surface area contributed by atoms with E-state index in [2.05, 4.69) is 4.99 Å². The lowest BCUT2D eigenvalue weighted by Crippen LogP contribution is -2.45. The van der Waals surface area contributed by atoms with Crippen LogP contribution < -0.4 is 0 Å². The van der Waals surface area contributed by atoms with Gasteiger partial charge in [-0.25, -0.2) is 0 Å². The molecule has 0 radical (unpaired) electrons. The highest BCUT2D eigenvalue weighted by Gasteiger charge is 2.41. The number of aliphatic imine (C=N–C) groups is 1. The smallest absolute Gasteiger partial charge is 0.134 e. The summed E-state index contributed by atoms with van der Waals surface area (Å²) in [5.41, 5.74) is -0.0964. The van der Waals surface area contributed by atoms with Crippen molar-refractivity contribution in [2.75, 3.05) is 6.61 Å². The van der Waals surface area contributed by atoms with Crippen molar-refractivity contribution in [3.63, 3.8) is 0 Å². The van der Waals surface area contributed by atoms with Crippen LogP contribution in [0.25, 0.3) is 0 Å². The Kier molecular flexibility index (Phi) is 2.60. The monoisotopic (exact) mass is 203 g/mol. The van der Waals surface area contributed by atoms with Crippen LogP contribution in [-0.2, 0) is 4.74 Å². The normalized spacial score (nSPS) is 44.4. The lowest BCUT2D eigenvalue weighted by molar-refractivity contribution is -0.0875. The second-order valence-electron chi connectivity index (χ2n) is 3.37. The minimum absolute atomic E-state index is 0.0279. The molecule has 5 heteroatoms. The number of rotatable bonds is 1. The van der Waals surface area contributed by atoms with Crippen LogP contribution in [0.4, 0.5) is 0 Å². The first kappa shape index (κ1) is 9.45. The van der Waals surface area contributed by atoms with E-state index < -0.39 is 6.10 Å². The molecule has 0 spiro atoms. The fourth-order valence-electron chi connectivity index (χ4n) is 1.69. The fourth-order valence-corrected chi connectivity index (χ4v) is 2.80. The van der Waals surface area contributed by atoms with Gasteiger partial charge in [-0.3, -0.25) is 4.99 Å². The van der Waals surface area contributed by atoms with Gasteiger partial charge < -0.3 is 14.9 Å². The molecule has 2 heterocycles. The second kappa shape index (κ2) is 3.57. The summed E-state index contributed by atoms with van der Waals surface area (Å²) in [6, 6.07) is -0.132. The van der Waals surface area contributed by atoms with Crippen LogP contribution in [0.2, 0.25) is 0 Å². The van der Waals surface area contributed by atoms with E-state index in [1.165, 1.54) is 11.8 Å². The first-order valence-corrected chi connectivity index (χ1v) is 5.24. The zero-order valence-corrected chi connectivity index (χ0v) is 8.20. The second-order valence-corrected chi connectivity index (χ2v) is 4.66. The Morgan fingerprint density at radius 1 is 1.69 bits per heavy atom. The predicted octanol–water partition coefficient (Wildman–Crippen LogP) is -0.0116. The number of aliphatic hydroxyl groups excluding tert-OH is 2. The summed E-state index contributed by atoms with van der Waals surface area (Å²) in [7, 11) is 0. The summed E-state index contributed by atoms with van der Waals surface area (Å²) >= 11 is 1.53. The van der Waals surface area contributed by atoms with Crippen molar-refractivity contribution in [1.82, 2.24) is 0 Å². The number of thioether (sulfide) groups is 1. The molecule has 2 aliphatic heterocycles. The molecule has 0 aromatic rings. The van der Waals surface area contributed by atoms with Gasteiger partial charge in [0, 0.05) is 6.42 Å². The molecule has 74 valence electrons. The summed E-state index contributed by atoms with van der Waals surface area (Å²) in [5, 5.41) is 19.6. The lowest BCUT2D eigenvalue weighted by Gasteiger charge is -2.33. The zero-order chi connectivity index (χ0) is 9.42. The molecule has 2 N–H and O–H groups in total. The van der Waals surface area contributed by atoms with Crippen molar-refractivity contribution in [1.29, 1.82) is 0 Å². The predicted molar refractivity (Wildman–Crippen MR) is 50.9 cm³/mol. The molecule has 1 saturated heterocycles. The van der Waals surface area contributed by atoms with Gasteiger partial charge in [0.15, 0.2) is 0 Å². The quantitative estimate of drug-likeness (QED) is 0.629. The number of aliphatic hydroxyl groups is 2. The maximum absolute atomic E-state index is 9.69. The van der Waals surface area contributed by atoms with Gasteiger partial charge in [0.2, 0.25) is 0 Å². The van der Waals surface area contributed by atoms with Gasteiger partial charge in [-0.2, -0.15) is 0 Å². The van der Waals surface area contributed by atoms with Gasteiger partial charge in [-0.05, 0) is 6.92 Å². The van der Waals surface area contributed by atoms with E-state index in [-0.39, 0.29) is 24.2 Å². The minimum Gasteiger partial charge on any atom is -0.394 e. The Morgan fingerprint density at radius 2 is 2.46 bits per heavy atom. The lowest BCUT2D eigenvalue weighted by atomic mass is 10.0. The van der Waals surface area contributed by atoms with Crippen LogP contribution in [0.5, 0.6) is 0 Å². The van der Waals surface area contributed by atoms with Crippen molar-refractivity contribution in [3.8, 4) is 0 Å². The van der Waals surface area contributed by atoms with Crippen LogP contribution >= 0.6 is 11.8 Å². The summed E-state index contributed by atoms with van der Waals surface area (Å²) in [4.78, 5) is 4.28. The number of fused-ring (bicyclic) bond motifs is 1. The summed E-state index contributed by atoms with van der Waals surface area (Å²) in [6.45, 7) is 1.88. The van der Waals surface area contributed by atoms with Crippen LogP contribution in [-0.4, -0.2) is 45.5 Å². The van der Waals surface area contributed by atoms with E-state index in [0.717, 1.165) is 5.04 Å². The van der Waals surface area contributed by atoms with Gasteiger partial charge in [-0.1, -0.05) is 11.8 Å². The Balaban J connectivity index is 2.06. The van der Waals surface area contributed by atoms with E-state index in [0.29, 0.717) is 6.42 Å². The van der Waals surface area contributed by atoms with Crippen LogP contribution in [0.1, 0.15) is 13.3 Å². The first-order chi connectivity index (χ1) is 6.20. The van der Waals surface area contributed by atoms with Gasteiger partial charge in [-0.15, -0.1) is 0 Å². The van der Waals surface area contributed by atoms with E-state index in [1.807, 2.05) is 6.92 Å². The maximum atomic E-state index is 9.69. The van der Waals surface area contributed by atoms with Crippen molar-refractivity contribution in [2.45, 2.75) is 37.0 Å². The van der Waals surface area contributed by atoms with Crippen molar-refractivity contribution >= 4 is 16.8 Å². The average Bonchev–Trinajstić information content (AvgIpc) is 2.46. The average molecular weight is 203 g/mol. The van der Waals surface area contributed by atoms with Gasteiger partial charge in [0.1, 0.15) is 11.5 Å². The number of hydrogen-bond donors (Lipinski definition) is 2. The van der Waals surface area contributed by atoms with Gasteiger partial charge in [0.05, 0.1) is 23.9 Å². The molecule has 2 rings (SSSR count). The molecule has 0 aliphatic carbocycles. The molecule has 4 atom stereocenters. The third kappa shape index (κ3) is 1.74. The molecule has 0 saturated carbocycles. The Bertz CT molecular complexity index is 233. The van der Waals surface area contributed by atoms with Gasteiger partial charge in [0.25, 0.3) is 0 Å². The molecule has 0 bridgehead atoms. The largest absolute Gasteiger partial charge is 0.394 e. The summed E-state index contributed by atoms with van der Waals surface area (Å²) in [6.07, 6.45) is -0.222. The number of ether oxygens (including phenoxy) is 1. The standard InChI is InChI=1S/C8H13NO3S/c1-4-9-7-6(11)2-5(3-10)12-8(7)13-4/h5-8,10-11H,2-3H2,1H3/t5-,6-,7+,8+/m0/s1. The highest BCUT2D eigenvalue weighted by molar-refractivity contribution is 8.14. The Hall–Kier alpha value is -0.100. The minimum atomic E-state index is -0.471. The topological polar surface area (TPSA) is 62.0 Å². The van der Waals surface area contributed by atoms with E-state index in [9.17, 15) is 5.11 Å².